The van der Waals surface area contributed by atoms with Crippen molar-refractivity contribution < 1.29 is 14.3 Å². The van der Waals surface area contributed by atoms with Gasteiger partial charge in [0.2, 0.25) is 0 Å². The number of benzene rings is 1. The number of aryl methyl sites for hydroxylation is 1. The Morgan fingerprint density at radius 1 is 1.56 bits per heavy atom. The van der Waals surface area contributed by atoms with Gasteiger partial charge in [0, 0.05) is 15.5 Å². The molecule has 0 saturated heterocycles. The first-order chi connectivity index (χ1) is 7.46. The Kier molecular flexibility index (Phi) is 2.78. The number of carboxylic acids is 1. The number of carbonyl (C=O) groups is 1. The van der Waals surface area contributed by atoms with E-state index in [2.05, 4.69) is 15.9 Å². The van der Waals surface area contributed by atoms with Gasteiger partial charge in [0.15, 0.2) is 0 Å². The van der Waals surface area contributed by atoms with Crippen molar-refractivity contribution in [2.24, 2.45) is 0 Å². The van der Waals surface area contributed by atoms with Crippen LogP contribution < -0.4 is 0 Å². The van der Waals surface area contributed by atoms with Gasteiger partial charge in [-0.25, -0.2) is 4.39 Å². The summed E-state index contributed by atoms with van der Waals surface area (Å²) in [5, 5.41) is 8.86. The van der Waals surface area contributed by atoms with Crippen LogP contribution in [0.15, 0.2) is 16.6 Å². The number of aliphatic carboxylic acids is 1. The van der Waals surface area contributed by atoms with Crippen LogP contribution in [0.2, 0.25) is 0 Å². The third-order valence-corrected chi connectivity index (χ3v) is 4.18. The molecule has 2 nitrogen and oxygen atoms in total. The van der Waals surface area contributed by atoms with Gasteiger partial charge in [0.05, 0.1) is 6.42 Å². The second-order valence-corrected chi connectivity index (χ2v) is 5.20. The largest absolute Gasteiger partial charge is 0.481 e. The lowest BCUT2D eigenvalue weighted by Gasteiger charge is -2.17. The lowest BCUT2D eigenvalue weighted by Crippen LogP contribution is -2.15. The van der Waals surface area contributed by atoms with Crippen LogP contribution in [-0.2, 0) is 10.2 Å². The molecule has 0 atom stereocenters. The van der Waals surface area contributed by atoms with Crippen molar-refractivity contribution in [3.63, 3.8) is 0 Å². The summed E-state index contributed by atoms with van der Waals surface area (Å²) >= 11 is 3.36. The monoisotopic (exact) mass is 286 g/mol. The van der Waals surface area contributed by atoms with E-state index in [9.17, 15) is 9.18 Å². The normalized spacial score (nSPS) is 17.2. The summed E-state index contributed by atoms with van der Waals surface area (Å²) < 4.78 is 14.5. The molecule has 0 heterocycles. The van der Waals surface area contributed by atoms with Gasteiger partial charge in [-0.3, -0.25) is 4.79 Å². The molecule has 2 rings (SSSR count). The fourth-order valence-electron chi connectivity index (χ4n) is 2.10. The van der Waals surface area contributed by atoms with Crippen molar-refractivity contribution in [3.8, 4) is 0 Å². The maximum Gasteiger partial charge on any atom is 0.304 e. The first-order valence-corrected chi connectivity index (χ1v) is 5.92. The lowest BCUT2D eigenvalue weighted by atomic mass is 9.91. The summed E-state index contributed by atoms with van der Waals surface area (Å²) in [4.78, 5) is 10.8. The Morgan fingerprint density at radius 2 is 2.19 bits per heavy atom. The first-order valence-electron chi connectivity index (χ1n) is 5.13. The van der Waals surface area contributed by atoms with Crippen LogP contribution in [-0.4, -0.2) is 11.1 Å². The van der Waals surface area contributed by atoms with E-state index < -0.39 is 11.4 Å². The number of carboxylic acid groups (broad SMARTS) is 1. The molecule has 0 aromatic heterocycles. The first kappa shape index (κ1) is 11.6. The van der Waals surface area contributed by atoms with Gasteiger partial charge in [-0.2, -0.15) is 0 Å². The average Bonchev–Trinajstić information content (AvgIpc) is 2.92. The van der Waals surface area contributed by atoms with Crippen LogP contribution in [0.1, 0.15) is 30.4 Å². The number of halogens is 2. The molecule has 1 fully saturated rings. The average molecular weight is 287 g/mol. The van der Waals surface area contributed by atoms with Gasteiger partial charge in [-0.1, -0.05) is 22.0 Å². The van der Waals surface area contributed by atoms with Gasteiger partial charge < -0.3 is 5.11 Å². The second kappa shape index (κ2) is 3.84. The Labute approximate surface area is 102 Å². The van der Waals surface area contributed by atoms with E-state index in [0.29, 0.717) is 10.0 Å². The predicted octanol–water partition coefficient (Wildman–Crippen LogP) is 3.40. The topological polar surface area (TPSA) is 37.3 Å². The van der Waals surface area contributed by atoms with Gasteiger partial charge in [-0.05, 0) is 31.4 Å². The van der Waals surface area contributed by atoms with Gasteiger partial charge >= 0.3 is 5.97 Å². The molecule has 16 heavy (non-hydrogen) atoms. The Hall–Kier alpha value is -0.900. The van der Waals surface area contributed by atoms with Crippen molar-refractivity contribution in [3.05, 3.63) is 33.5 Å². The lowest BCUT2D eigenvalue weighted by molar-refractivity contribution is -0.137. The van der Waals surface area contributed by atoms with Crippen molar-refractivity contribution >= 4 is 21.9 Å². The highest BCUT2D eigenvalue weighted by atomic mass is 79.9. The number of hydrogen-bond acceptors (Lipinski definition) is 1. The summed E-state index contributed by atoms with van der Waals surface area (Å²) in [6.07, 6.45) is 1.50. The molecule has 4 heteroatoms. The maximum atomic E-state index is 13.8. The van der Waals surface area contributed by atoms with Crippen molar-refractivity contribution in [1.82, 2.24) is 0 Å². The number of hydrogen-bond donors (Lipinski definition) is 1. The summed E-state index contributed by atoms with van der Waals surface area (Å²) in [6.45, 7) is 1.88. The van der Waals surface area contributed by atoms with Crippen molar-refractivity contribution in [2.45, 2.75) is 31.6 Å². The van der Waals surface area contributed by atoms with Crippen molar-refractivity contribution in [2.75, 3.05) is 0 Å². The molecular weight excluding hydrogens is 275 g/mol. The fraction of sp³-hybridized carbons (Fsp3) is 0.417. The minimum atomic E-state index is -0.870. The Bertz CT molecular complexity index is 453. The van der Waals surface area contributed by atoms with Crippen LogP contribution >= 0.6 is 15.9 Å². The minimum absolute atomic E-state index is 0.00593. The summed E-state index contributed by atoms with van der Waals surface area (Å²) in [5.74, 6) is -1.18. The van der Waals surface area contributed by atoms with E-state index >= 15 is 0 Å². The third-order valence-electron chi connectivity index (χ3n) is 3.16. The highest BCUT2D eigenvalue weighted by Gasteiger charge is 2.48. The molecule has 0 bridgehead atoms. The van der Waals surface area contributed by atoms with E-state index in [0.717, 1.165) is 18.4 Å². The van der Waals surface area contributed by atoms with Crippen LogP contribution in [0.3, 0.4) is 0 Å². The van der Waals surface area contributed by atoms with Crippen LogP contribution in [0.4, 0.5) is 4.39 Å². The molecule has 1 aliphatic rings. The molecule has 86 valence electrons. The van der Waals surface area contributed by atoms with Gasteiger partial charge in [-0.15, -0.1) is 0 Å². The predicted molar refractivity (Wildman–Crippen MR) is 62.0 cm³/mol. The quantitative estimate of drug-likeness (QED) is 0.925. The molecule has 1 aromatic rings. The molecule has 1 aliphatic carbocycles. The van der Waals surface area contributed by atoms with Crippen molar-refractivity contribution in [1.29, 1.82) is 0 Å². The molecule has 0 spiro atoms. The van der Waals surface area contributed by atoms with E-state index in [1.165, 1.54) is 6.07 Å². The third kappa shape index (κ3) is 1.86. The Balaban J connectivity index is 2.48. The summed E-state index contributed by atoms with van der Waals surface area (Å²) in [6, 6.07) is 3.11. The zero-order valence-electron chi connectivity index (χ0n) is 8.89. The van der Waals surface area contributed by atoms with Crippen LogP contribution in [0.25, 0.3) is 0 Å². The summed E-state index contributed by atoms with van der Waals surface area (Å²) in [7, 11) is 0. The SMILES string of the molecule is Cc1ccc(F)c(C2(CC(=O)O)CC2)c1Br. The molecule has 0 amide bonds. The number of rotatable bonds is 3. The highest BCUT2D eigenvalue weighted by Crippen LogP contribution is 2.54. The zero-order chi connectivity index (χ0) is 11.9. The molecule has 1 saturated carbocycles. The molecule has 1 N–H and O–H groups in total. The second-order valence-electron chi connectivity index (χ2n) is 4.40. The standard InChI is InChI=1S/C12H12BrFO2/c1-7-2-3-8(14)10(11(7)13)12(4-5-12)6-9(15)16/h2-3H,4-6H2,1H3,(H,15,16). The molecule has 1 aromatic carbocycles. The molecular formula is C12H12BrFO2. The van der Waals surface area contributed by atoms with E-state index in [1.54, 1.807) is 6.07 Å². The van der Waals surface area contributed by atoms with Gasteiger partial charge in [0.1, 0.15) is 5.82 Å². The summed E-state index contributed by atoms with van der Waals surface area (Å²) in [5.41, 5.74) is 0.990. The Morgan fingerprint density at radius 3 is 2.69 bits per heavy atom. The van der Waals surface area contributed by atoms with E-state index in [1.807, 2.05) is 6.92 Å². The minimum Gasteiger partial charge on any atom is -0.481 e. The smallest absolute Gasteiger partial charge is 0.304 e. The molecule has 0 unspecified atom stereocenters. The molecule has 0 aliphatic heterocycles. The van der Waals surface area contributed by atoms with Crippen LogP contribution in [0.5, 0.6) is 0 Å². The molecule has 0 radical (unpaired) electrons. The highest BCUT2D eigenvalue weighted by molar-refractivity contribution is 9.10. The maximum absolute atomic E-state index is 13.8. The van der Waals surface area contributed by atoms with E-state index in [4.69, 9.17) is 5.11 Å². The zero-order valence-corrected chi connectivity index (χ0v) is 10.5. The van der Waals surface area contributed by atoms with Gasteiger partial charge in [0.25, 0.3) is 0 Å². The fourth-order valence-corrected chi connectivity index (χ4v) is 2.84. The van der Waals surface area contributed by atoms with E-state index in [-0.39, 0.29) is 12.2 Å². The van der Waals surface area contributed by atoms with Crippen LogP contribution in [0, 0.1) is 12.7 Å².